The lowest BCUT2D eigenvalue weighted by atomic mass is 9.95. The highest BCUT2D eigenvalue weighted by atomic mass is 16.5. The summed E-state index contributed by atoms with van der Waals surface area (Å²) in [6.45, 7) is 5.72. The highest BCUT2D eigenvalue weighted by molar-refractivity contribution is 5.93. The van der Waals surface area contributed by atoms with Crippen LogP contribution in [0.3, 0.4) is 0 Å². The summed E-state index contributed by atoms with van der Waals surface area (Å²) in [6, 6.07) is 7.32. The van der Waals surface area contributed by atoms with Crippen LogP contribution in [0, 0.1) is 6.92 Å². The van der Waals surface area contributed by atoms with E-state index < -0.39 is 0 Å². The van der Waals surface area contributed by atoms with Gasteiger partial charge in [0.05, 0.1) is 11.4 Å². The fourth-order valence-electron chi connectivity index (χ4n) is 5.44. The maximum atomic E-state index is 12.8. The predicted molar refractivity (Wildman–Crippen MR) is 118 cm³/mol. The molecule has 166 valence electrons. The molecule has 2 aliphatic heterocycles. The minimum Gasteiger partial charge on any atom is -0.381 e. The van der Waals surface area contributed by atoms with Crippen LogP contribution < -0.4 is 5.32 Å². The maximum Gasteiger partial charge on any atom is 0.273 e. The zero-order chi connectivity index (χ0) is 21.2. The number of ether oxygens (including phenoxy) is 1. The molecule has 0 radical (unpaired) electrons. The van der Waals surface area contributed by atoms with Crippen molar-refractivity contribution in [2.24, 2.45) is 0 Å². The van der Waals surface area contributed by atoms with Crippen LogP contribution in [0.2, 0.25) is 0 Å². The van der Waals surface area contributed by atoms with Gasteiger partial charge >= 0.3 is 0 Å². The summed E-state index contributed by atoms with van der Waals surface area (Å²) in [5.41, 5.74) is 5.01. The second-order valence-electron chi connectivity index (χ2n) is 9.22. The molecule has 3 heterocycles. The van der Waals surface area contributed by atoms with Crippen LogP contribution in [-0.2, 0) is 17.7 Å². The second-order valence-corrected chi connectivity index (χ2v) is 9.22. The SMILES string of the molecule is Cc1c(C(=O)NC2CCCCC2)nnn1-c1cccc2c1CCN(C1CCOCC1)C2. The average Bonchev–Trinajstić information content (AvgIpc) is 3.20. The Labute approximate surface area is 184 Å². The molecule has 0 atom stereocenters. The molecule has 2 fully saturated rings. The highest BCUT2D eigenvalue weighted by Gasteiger charge is 2.28. The van der Waals surface area contributed by atoms with E-state index in [4.69, 9.17) is 4.74 Å². The van der Waals surface area contributed by atoms with Crippen molar-refractivity contribution in [2.75, 3.05) is 19.8 Å². The Kier molecular flexibility index (Phi) is 6.05. The summed E-state index contributed by atoms with van der Waals surface area (Å²) in [5.74, 6) is -0.0915. The summed E-state index contributed by atoms with van der Waals surface area (Å²) < 4.78 is 7.40. The number of carbonyl (C=O) groups is 1. The van der Waals surface area contributed by atoms with E-state index in [0.29, 0.717) is 11.7 Å². The van der Waals surface area contributed by atoms with Gasteiger partial charge in [0.25, 0.3) is 5.91 Å². The van der Waals surface area contributed by atoms with Gasteiger partial charge in [-0.05, 0) is 56.2 Å². The average molecular weight is 424 g/mol. The smallest absolute Gasteiger partial charge is 0.273 e. The fourth-order valence-corrected chi connectivity index (χ4v) is 5.44. The lowest BCUT2D eigenvalue weighted by Gasteiger charge is -2.38. The summed E-state index contributed by atoms with van der Waals surface area (Å²) in [7, 11) is 0. The first kappa shape index (κ1) is 20.6. The van der Waals surface area contributed by atoms with Crippen molar-refractivity contribution < 1.29 is 9.53 Å². The van der Waals surface area contributed by atoms with Gasteiger partial charge in [0.1, 0.15) is 0 Å². The van der Waals surface area contributed by atoms with Crippen molar-refractivity contribution in [1.29, 1.82) is 0 Å². The third kappa shape index (κ3) is 4.26. The topological polar surface area (TPSA) is 72.3 Å². The van der Waals surface area contributed by atoms with Crippen molar-refractivity contribution in [3.05, 3.63) is 40.7 Å². The highest BCUT2D eigenvalue weighted by Crippen LogP contribution is 2.29. The molecule has 7 nitrogen and oxygen atoms in total. The van der Waals surface area contributed by atoms with Gasteiger partial charge < -0.3 is 10.1 Å². The zero-order valence-electron chi connectivity index (χ0n) is 18.5. The van der Waals surface area contributed by atoms with Gasteiger partial charge in [-0.25, -0.2) is 4.68 Å². The van der Waals surface area contributed by atoms with Gasteiger partial charge in [0.2, 0.25) is 0 Å². The third-order valence-corrected chi connectivity index (χ3v) is 7.26. The second kappa shape index (κ2) is 9.09. The number of rotatable bonds is 4. The molecule has 1 amide bonds. The van der Waals surface area contributed by atoms with Gasteiger partial charge in [-0.2, -0.15) is 0 Å². The molecule has 7 heteroatoms. The molecule has 1 aliphatic carbocycles. The molecule has 0 unspecified atom stereocenters. The molecule has 1 N–H and O–H groups in total. The van der Waals surface area contributed by atoms with Crippen molar-refractivity contribution in [2.45, 2.75) is 76.9 Å². The van der Waals surface area contributed by atoms with E-state index in [1.807, 2.05) is 11.6 Å². The van der Waals surface area contributed by atoms with E-state index in [-0.39, 0.29) is 11.9 Å². The van der Waals surface area contributed by atoms with Crippen LogP contribution in [0.15, 0.2) is 18.2 Å². The Bertz CT molecular complexity index is 928. The molecule has 2 aromatic rings. The van der Waals surface area contributed by atoms with Crippen molar-refractivity contribution in [3.8, 4) is 5.69 Å². The predicted octanol–water partition coefficient (Wildman–Crippen LogP) is 3.18. The number of nitrogens with one attached hydrogen (secondary N) is 1. The normalized spacial score (nSPS) is 21.1. The Morgan fingerprint density at radius 1 is 1.13 bits per heavy atom. The molecule has 0 bridgehead atoms. The third-order valence-electron chi connectivity index (χ3n) is 7.26. The van der Waals surface area contributed by atoms with Crippen LogP contribution in [-0.4, -0.2) is 57.6 Å². The largest absolute Gasteiger partial charge is 0.381 e. The molecular formula is C24H33N5O2. The standard InChI is InChI=1S/C24H33N5O2/c1-17-23(24(30)25-19-7-3-2-4-8-19)26-27-29(17)22-9-5-6-18-16-28(13-10-21(18)22)20-11-14-31-15-12-20/h5-6,9,19-20H,2-4,7-8,10-16H2,1H3,(H,25,30). The number of amides is 1. The van der Waals surface area contributed by atoms with Crippen LogP contribution >= 0.6 is 0 Å². The lowest BCUT2D eigenvalue weighted by molar-refractivity contribution is 0.0290. The fraction of sp³-hybridized carbons (Fsp3) is 0.625. The minimum atomic E-state index is -0.0915. The lowest BCUT2D eigenvalue weighted by Crippen LogP contribution is -2.42. The van der Waals surface area contributed by atoms with Crippen LogP contribution in [0.25, 0.3) is 5.69 Å². The first-order valence-electron chi connectivity index (χ1n) is 11.9. The number of aromatic nitrogens is 3. The number of hydrogen-bond acceptors (Lipinski definition) is 5. The van der Waals surface area contributed by atoms with E-state index in [0.717, 1.165) is 69.8 Å². The summed E-state index contributed by atoms with van der Waals surface area (Å²) in [4.78, 5) is 15.4. The Balaban J connectivity index is 1.35. The van der Waals surface area contributed by atoms with Gasteiger partial charge in [-0.3, -0.25) is 9.69 Å². The van der Waals surface area contributed by atoms with Crippen molar-refractivity contribution in [3.63, 3.8) is 0 Å². The van der Waals surface area contributed by atoms with E-state index in [1.165, 1.54) is 30.4 Å². The number of fused-ring (bicyclic) bond motifs is 1. The molecule has 3 aliphatic rings. The zero-order valence-corrected chi connectivity index (χ0v) is 18.5. The number of hydrogen-bond donors (Lipinski definition) is 1. The first-order chi connectivity index (χ1) is 15.2. The quantitative estimate of drug-likeness (QED) is 0.818. The van der Waals surface area contributed by atoms with E-state index in [9.17, 15) is 4.79 Å². The number of carbonyl (C=O) groups excluding carboxylic acids is 1. The number of nitrogens with zero attached hydrogens (tertiary/aromatic N) is 4. The van der Waals surface area contributed by atoms with Crippen molar-refractivity contribution in [1.82, 2.24) is 25.2 Å². The maximum absolute atomic E-state index is 12.8. The van der Waals surface area contributed by atoms with Crippen LogP contribution in [0.5, 0.6) is 0 Å². The molecule has 31 heavy (non-hydrogen) atoms. The van der Waals surface area contributed by atoms with Crippen molar-refractivity contribution >= 4 is 5.91 Å². The van der Waals surface area contributed by atoms with Gasteiger partial charge in [-0.1, -0.05) is 36.6 Å². The summed E-state index contributed by atoms with van der Waals surface area (Å²) in [6.07, 6.45) is 9.02. The Hall–Kier alpha value is -2.25. The molecule has 5 rings (SSSR count). The van der Waals surface area contributed by atoms with Crippen LogP contribution in [0.4, 0.5) is 0 Å². The monoisotopic (exact) mass is 423 g/mol. The molecule has 1 aromatic carbocycles. The number of benzene rings is 1. The van der Waals surface area contributed by atoms with E-state index in [1.54, 1.807) is 0 Å². The van der Waals surface area contributed by atoms with Crippen LogP contribution in [0.1, 0.15) is 72.3 Å². The Morgan fingerprint density at radius 3 is 2.74 bits per heavy atom. The Morgan fingerprint density at radius 2 is 1.94 bits per heavy atom. The first-order valence-corrected chi connectivity index (χ1v) is 11.9. The molecule has 1 saturated heterocycles. The summed E-state index contributed by atoms with van der Waals surface area (Å²) >= 11 is 0. The molecular weight excluding hydrogens is 390 g/mol. The van der Waals surface area contributed by atoms with E-state index in [2.05, 4.69) is 38.7 Å². The molecule has 1 saturated carbocycles. The van der Waals surface area contributed by atoms with Gasteiger partial charge in [0, 0.05) is 38.4 Å². The minimum absolute atomic E-state index is 0.0915. The van der Waals surface area contributed by atoms with Gasteiger partial charge in [0.15, 0.2) is 5.69 Å². The summed E-state index contributed by atoms with van der Waals surface area (Å²) in [5, 5.41) is 11.8. The van der Waals surface area contributed by atoms with Gasteiger partial charge in [-0.15, -0.1) is 5.10 Å². The van der Waals surface area contributed by atoms with E-state index >= 15 is 0 Å². The molecule has 1 aromatic heterocycles. The molecule has 0 spiro atoms.